The van der Waals surface area contributed by atoms with Gasteiger partial charge in [-0.25, -0.2) is 0 Å². The molecule has 0 saturated heterocycles. The van der Waals surface area contributed by atoms with Crippen molar-refractivity contribution in [2.45, 2.75) is 26.3 Å². The summed E-state index contributed by atoms with van der Waals surface area (Å²) in [6, 6.07) is -0.423. The fraction of sp³-hybridized carbons (Fsp3) is 0.500. The van der Waals surface area contributed by atoms with Crippen LogP contribution in [0.5, 0.6) is 0 Å². The third-order valence-corrected chi connectivity index (χ3v) is 3.51. The molecule has 0 amide bonds. The van der Waals surface area contributed by atoms with Crippen molar-refractivity contribution in [1.82, 2.24) is 4.72 Å². The van der Waals surface area contributed by atoms with Gasteiger partial charge >= 0.3 is 5.97 Å². The summed E-state index contributed by atoms with van der Waals surface area (Å²) in [5.74, 6) is -0.357. The average molecular weight is 215 g/mol. The predicted octanol–water partition coefficient (Wildman–Crippen LogP) is 2.03. The van der Waals surface area contributed by atoms with E-state index < -0.39 is 23.1 Å². The fourth-order valence-electron chi connectivity index (χ4n) is 1.28. The van der Waals surface area contributed by atoms with Crippen molar-refractivity contribution in [3.63, 3.8) is 0 Å². The number of carbonyl (C=O) groups is 1. The van der Waals surface area contributed by atoms with Gasteiger partial charge in [-0.2, -0.15) is 11.1 Å². The molecule has 0 bridgehead atoms. The Kier molecular flexibility index (Phi) is 4.22. The van der Waals surface area contributed by atoms with E-state index in [1.165, 1.54) is 0 Å². The minimum Gasteiger partial charge on any atom is -0.480 e. The van der Waals surface area contributed by atoms with Crippen LogP contribution in [-0.2, 0) is 4.79 Å². The van der Waals surface area contributed by atoms with Crippen LogP contribution < -0.4 is 4.72 Å². The van der Waals surface area contributed by atoms with Crippen LogP contribution in [0.15, 0.2) is 23.0 Å². The summed E-state index contributed by atoms with van der Waals surface area (Å²) in [5, 5.41) is 13.0. The fourth-order valence-corrected chi connectivity index (χ4v) is 2.70. The molecule has 0 aromatic rings. The van der Waals surface area contributed by atoms with Crippen molar-refractivity contribution in [1.29, 1.82) is 0 Å². The summed E-state index contributed by atoms with van der Waals surface area (Å²) in [6.07, 6.45) is 4.58. The number of allylic oxidation sites excluding steroid dienone is 2. The van der Waals surface area contributed by atoms with Gasteiger partial charge in [-0.05, 0) is 23.2 Å². The molecule has 0 aromatic heterocycles. The van der Waals surface area contributed by atoms with Gasteiger partial charge in [0.15, 0.2) is 0 Å². The molecule has 0 aliphatic carbocycles. The van der Waals surface area contributed by atoms with Crippen molar-refractivity contribution in [2.75, 3.05) is 0 Å². The third kappa shape index (κ3) is 3.55. The summed E-state index contributed by atoms with van der Waals surface area (Å²) < 4.78 is 3.14. The predicted molar refractivity (Wildman–Crippen MR) is 61.3 cm³/mol. The minimum absolute atomic E-state index is 0.397. The molecule has 1 atom stereocenters. The lowest BCUT2D eigenvalue weighted by molar-refractivity contribution is -0.139. The Hall–Kier alpha value is -0.740. The van der Waals surface area contributed by atoms with E-state index in [1.807, 2.05) is 36.8 Å². The largest absolute Gasteiger partial charge is 0.480 e. The molecule has 0 spiro atoms. The maximum atomic E-state index is 10.9. The van der Waals surface area contributed by atoms with Crippen molar-refractivity contribution >= 4 is 17.1 Å². The van der Waals surface area contributed by atoms with Crippen LogP contribution in [0.2, 0.25) is 0 Å². The molecule has 4 heteroatoms. The standard InChI is InChI=1S/C10H17NO2S/c1-8(2)7-9(10(12)13)11-14-5-3-4-6-14/h3-6,8-9,11,14H,7H2,1-2H3,(H,12,13)/t9-/m0/s1. The van der Waals surface area contributed by atoms with Gasteiger partial charge in [0.1, 0.15) is 6.04 Å². The summed E-state index contributed by atoms with van der Waals surface area (Å²) in [5.41, 5.74) is 0. The van der Waals surface area contributed by atoms with E-state index in [2.05, 4.69) is 4.72 Å². The van der Waals surface area contributed by atoms with Gasteiger partial charge in [-0.3, -0.25) is 9.52 Å². The molecule has 1 aliphatic heterocycles. The van der Waals surface area contributed by atoms with Crippen LogP contribution in [0, 0.1) is 5.92 Å². The number of rotatable bonds is 5. The van der Waals surface area contributed by atoms with Crippen molar-refractivity contribution in [3.8, 4) is 0 Å². The summed E-state index contributed by atoms with van der Waals surface area (Å²) in [6.45, 7) is 4.07. The van der Waals surface area contributed by atoms with Crippen molar-refractivity contribution < 1.29 is 9.90 Å². The van der Waals surface area contributed by atoms with Crippen LogP contribution in [0.1, 0.15) is 20.3 Å². The maximum Gasteiger partial charge on any atom is 0.321 e. The van der Waals surface area contributed by atoms with Gasteiger partial charge in [0.05, 0.1) is 0 Å². The van der Waals surface area contributed by atoms with E-state index in [0.29, 0.717) is 12.3 Å². The second-order valence-corrected chi connectivity index (χ2v) is 5.41. The molecule has 0 saturated carbocycles. The van der Waals surface area contributed by atoms with E-state index in [4.69, 9.17) is 5.11 Å². The Morgan fingerprint density at radius 1 is 1.43 bits per heavy atom. The lowest BCUT2D eigenvalue weighted by Gasteiger charge is -2.21. The first-order valence-electron chi connectivity index (χ1n) is 4.72. The number of aliphatic carboxylic acids is 1. The number of hydrogen-bond donors (Lipinski definition) is 3. The lowest BCUT2D eigenvalue weighted by atomic mass is 10.1. The van der Waals surface area contributed by atoms with Gasteiger partial charge < -0.3 is 5.11 Å². The average Bonchev–Trinajstić information content (AvgIpc) is 2.54. The molecular weight excluding hydrogens is 198 g/mol. The maximum absolute atomic E-state index is 10.9. The zero-order valence-electron chi connectivity index (χ0n) is 8.47. The molecule has 80 valence electrons. The van der Waals surface area contributed by atoms with Gasteiger partial charge in [-0.1, -0.05) is 26.0 Å². The summed E-state index contributed by atoms with van der Waals surface area (Å²) >= 11 is -0.539. The highest BCUT2D eigenvalue weighted by atomic mass is 32.2. The normalized spacial score (nSPS) is 19.2. The quantitative estimate of drug-likeness (QED) is 0.615. The summed E-state index contributed by atoms with van der Waals surface area (Å²) in [4.78, 5) is 10.9. The van der Waals surface area contributed by atoms with Crippen LogP contribution in [0.25, 0.3) is 0 Å². The van der Waals surface area contributed by atoms with Crippen LogP contribution in [0.3, 0.4) is 0 Å². The zero-order chi connectivity index (χ0) is 10.6. The minimum atomic E-state index is -0.755. The Morgan fingerprint density at radius 3 is 2.43 bits per heavy atom. The number of carboxylic acids is 1. The van der Waals surface area contributed by atoms with Crippen LogP contribution in [-0.4, -0.2) is 17.1 Å². The Morgan fingerprint density at radius 2 is 2.00 bits per heavy atom. The molecule has 3 nitrogen and oxygen atoms in total. The van der Waals surface area contributed by atoms with E-state index >= 15 is 0 Å². The summed E-state index contributed by atoms with van der Waals surface area (Å²) in [7, 11) is 0. The monoisotopic (exact) mass is 215 g/mol. The number of carboxylic acid groups (broad SMARTS) is 1. The highest BCUT2D eigenvalue weighted by Crippen LogP contribution is 2.29. The Labute approximate surface area is 87.4 Å². The first-order valence-corrected chi connectivity index (χ1v) is 6.20. The number of nitrogens with one attached hydrogen (secondary N) is 1. The van der Waals surface area contributed by atoms with E-state index in [1.54, 1.807) is 0 Å². The SMILES string of the molecule is CC(C)C[C@H](N[SH]1C=CC=C1)C(=O)O. The smallest absolute Gasteiger partial charge is 0.321 e. The van der Waals surface area contributed by atoms with Crippen molar-refractivity contribution in [3.05, 3.63) is 23.0 Å². The van der Waals surface area contributed by atoms with Gasteiger partial charge in [-0.15, -0.1) is 0 Å². The molecule has 0 fully saturated rings. The molecule has 0 unspecified atom stereocenters. The molecule has 1 rings (SSSR count). The topological polar surface area (TPSA) is 49.3 Å². The highest BCUT2D eigenvalue weighted by Gasteiger charge is 2.19. The Bertz CT molecular complexity index is 249. The zero-order valence-corrected chi connectivity index (χ0v) is 9.37. The highest BCUT2D eigenvalue weighted by molar-refractivity contribution is 8.20. The number of thiol groups is 1. The first-order chi connectivity index (χ1) is 6.59. The first kappa shape index (κ1) is 11.3. The van der Waals surface area contributed by atoms with E-state index in [0.717, 1.165) is 0 Å². The molecule has 0 radical (unpaired) electrons. The van der Waals surface area contributed by atoms with Gasteiger partial charge in [0, 0.05) is 0 Å². The van der Waals surface area contributed by atoms with Crippen LogP contribution in [0.4, 0.5) is 0 Å². The van der Waals surface area contributed by atoms with Gasteiger partial charge in [0.25, 0.3) is 0 Å². The number of hydrogen-bond acceptors (Lipinski definition) is 2. The molecule has 0 aromatic carbocycles. The molecule has 14 heavy (non-hydrogen) atoms. The van der Waals surface area contributed by atoms with Crippen molar-refractivity contribution in [2.24, 2.45) is 5.92 Å². The molecule has 2 N–H and O–H groups in total. The molecular formula is C10H17NO2S. The van der Waals surface area contributed by atoms with Gasteiger partial charge in [0.2, 0.25) is 0 Å². The Balaban J connectivity index is 2.46. The van der Waals surface area contributed by atoms with E-state index in [9.17, 15) is 4.79 Å². The van der Waals surface area contributed by atoms with Crippen LogP contribution >= 0.6 is 11.1 Å². The molecule has 1 aliphatic rings. The van der Waals surface area contributed by atoms with E-state index in [-0.39, 0.29) is 0 Å². The lowest BCUT2D eigenvalue weighted by Crippen LogP contribution is -2.34. The second-order valence-electron chi connectivity index (χ2n) is 3.74. The second kappa shape index (κ2) is 5.22. The third-order valence-electron chi connectivity index (χ3n) is 1.91. The molecule has 1 heterocycles.